The van der Waals surface area contributed by atoms with Gasteiger partial charge in [-0.1, -0.05) is 0 Å². The van der Waals surface area contributed by atoms with E-state index < -0.39 is 0 Å². The van der Waals surface area contributed by atoms with Crippen LogP contribution in [0.25, 0.3) is 0 Å². The number of rotatable bonds is 2. The van der Waals surface area contributed by atoms with Crippen LogP contribution in [0.3, 0.4) is 0 Å². The third kappa shape index (κ3) is 1.72. The number of aliphatic imine (C=N–C) groups is 2. The topological polar surface area (TPSA) is 98.3 Å². The van der Waals surface area contributed by atoms with Crippen LogP contribution in [0.5, 0.6) is 0 Å². The zero-order valence-corrected chi connectivity index (χ0v) is 9.43. The van der Waals surface area contributed by atoms with Gasteiger partial charge in [0, 0.05) is 24.2 Å². The van der Waals surface area contributed by atoms with E-state index in [2.05, 4.69) is 20.7 Å². The van der Waals surface area contributed by atoms with Gasteiger partial charge in [-0.05, 0) is 12.8 Å². The minimum Gasteiger partial charge on any atom is -0.395 e. The molecule has 3 rings (SSSR count). The van der Waals surface area contributed by atoms with E-state index in [0.717, 1.165) is 25.2 Å². The van der Waals surface area contributed by atoms with Gasteiger partial charge in [-0.2, -0.15) is 0 Å². The van der Waals surface area contributed by atoms with E-state index in [-0.39, 0.29) is 18.7 Å². The molecule has 0 aromatic heterocycles. The van der Waals surface area contributed by atoms with Gasteiger partial charge in [0.05, 0.1) is 6.61 Å². The molecule has 1 saturated heterocycles. The SMILES string of the molecule is NC1=NC=NC2=C([C@H]3CC[C@@H](CO)N3)CNN12. The molecule has 0 unspecified atom stereocenters. The van der Waals surface area contributed by atoms with Crippen molar-refractivity contribution in [3.05, 3.63) is 11.4 Å². The fourth-order valence-corrected chi connectivity index (χ4v) is 2.51. The number of fused-ring (bicyclic) bond motifs is 1. The maximum absolute atomic E-state index is 9.13. The molecule has 2 atom stereocenters. The fourth-order valence-electron chi connectivity index (χ4n) is 2.51. The maximum Gasteiger partial charge on any atom is 0.218 e. The second-order valence-corrected chi connectivity index (χ2v) is 4.43. The molecule has 7 nitrogen and oxygen atoms in total. The first-order chi connectivity index (χ1) is 8.29. The van der Waals surface area contributed by atoms with Crippen LogP contribution in [0.4, 0.5) is 0 Å². The fraction of sp³-hybridized carbons (Fsp3) is 0.600. The molecule has 0 aromatic carbocycles. The monoisotopic (exact) mass is 236 g/mol. The highest BCUT2D eigenvalue weighted by Gasteiger charge is 2.34. The summed E-state index contributed by atoms with van der Waals surface area (Å²) in [5, 5.41) is 14.2. The van der Waals surface area contributed by atoms with Gasteiger partial charge in [-0.15, -0.1) is 0 Å². The lowest BCUT2D eigenvalue weighted by molar-refractivity contribution is 0.253. The highest BCUT2D eigenvalue weighted by molar-refractivity contribution is 5.89. The molecule has 0 bridgehead atoms. The van der Waals surface area contributed by atoms with E-state index in [1.54, 1.807) is 5.01 Å². The van der Waals surface area contributed by atoms with E-state index >= 15 is 0 Å². The summed E-state index contributed by atoms with van der Waals surface area (Å²) in [6.07, 6.45) is 3.49. The standard InChI is InChI=1S/C10H16N6O/c11-10-13-5-12-9-7(3-14-16(9)10)8-2-1-6(4-17)15-8/h5-6,8,14-15,17H,1-4H2,(H2,11,12,13)/t6-,8+/m0/s1. The highest BCUT2D eigenvalue weighted by Crippen LogP contribution is 2.26. The van der Waals surface area contributed by atoms with E-state index in [4.69, 9.17) is 10.8 Å². The van der Waals surface area contributed by atoms with Gasteiger partial charge in [0.2, 0.25) is 5.96 Å². The van der Waals surface area contributed by atoms with Crippen LogP contribution in [-0.4, -0.2) is 47.6 Å². The first-order valence-corrected chi connectivity index (χ1v) is 5.79. The number of hydrazine groups is 1. The molecule has 92 valence electrons. The van der Waals surface area contributed by atoms with E-state index in [9.17, 15) is 0 Å². The Labute approximate surface area is 99.1 Å². The van der Waals surface area contributed by atoms with Crippen LogP contribution < -0.4 is 16.5 Å². The molecular weight excluding hydrogens is 220 g/mol. The molecule has 5 N–H and O–H groups in total. The molecular formula is C10H16N6O. The van der Waals surface area contributed by atoms with E-state index in [1.165, 1.54) is 11.9 Å². The smallest absolute Gasteiger partial charge is 0.218 e. The van der Waals surface area contributed by atoms with Crippen molar-refractivity contribution in [2.45, 2.75) is 24.9 Å². The summed E-state index contributed by atoms with van der Waals surface area (Å²) in [6.45, 7) is 0.905. The second-order valence-electron chi connectivity index (χ2n) is 4.43. The Hall–Kier alpha value is -1.44. The lowest BCUT2D eigenvalue weighted by Crippen LogP contribution is -2.43. The Kier molecular flexibility index (Phi) is 2.58. The summed E-state index contributed by atoms with van der Waals surface area (Å²) in [6, 6.07) is 0.462. The molecule has 0 amide bonds. The highest BCUT2D eigenvalue weighted by atomic mass is 16.3. The number of guanidine groups is 1. The van der Waals surface area contributed by atoms with Gasteiger partial charge >= 0.3 is 0 Å². The molecule has 7 heteroatoms. The van der Waals surface area contributed by atoms with Crippen molar-refractivity contribution in [3.8, 4) is 0 Å². The lowest BCUT2D eigenvalue weighted by Gasteiger charge is -2.20. The van der Waals surface area contributed by atoms with Crippen molar-refractivity contribution in [1.82, 2.24) is 15.8 Å². The van der Waals surface area contributed by atoms with Crippen molar-refractivity contribution in [2.75, 3.05) is 13.2 Å². The predicted molar refractivity (Wildman–Crippen MR) is 64.0 cm³/mol. The average Bonchev–Trinajstić information content (AvgIpc) is 2.94. The van der Waals surface area contributed by atoms with Crippen LogP contribution in [0.15, 0.2) is 21.4 Å². The Morgan fingerprint density at radius 1 is 1.53 bits per heavy atom. The summed E-state index contributed by atoms with van der Waals surface area (Å²) in [5.74, 6) is 1.26. The molecule has 0 spiro atoms. The van der Waals surface area contributed by atoms with Gasteiger partial charge < -0.3 is 16.2 Å². The van der Waals surface area contributed by atoms with Gasteiger partial charge in [-0.3, -0.25) is 0 Å². The third-order valence-electron chi connectivity index (χ3n) is 3.41. The van der Waals surface area contributed by atoms with Crippen molar-refractivity contribution < 1.29 is 5.11 Å². The van der Waals surface area contributed by atoms with Crippen molar-refractivity contribution in [1.29, 1.82) is 0 Å². The maximum atomic E-state index is 9.13. The zero-order valence-electron chi connectivity index (χ0n) is 9.43. The van der Waals surface area contributed by atoms with Crippen LogP contribution in [0, 0.1) is 0 Å². The Morgan fingerprint density at radius 3 is 3.18 bits per heavy atom. The van der Waals surface area contributed by atoms with Gasteiger partial charge in [0.1, 0.15) is 6.34 Å². The first-order valence-electron chi connectivity index (χ1n) is 5.79. The molecule has 0 saturated carbocycles. The number of nitrogens with two attached hydrogens (primary N) is 1. The normalized spacial score (nSPS) is 32.1. The quantitative estimate of drug-likeness (QED) is 0.467. The van der Waals surface area contributed by atoms with Gasteiger partial charge in [0.25, 0.3) is 0 Å². The summed E-state index contributed by atoms with van der Waals surface area (Å²) >= 11 is 0. The lowest BCUT2D eigenvalue weighted by atomic mass is 10.1. The van der Waals surface area contributed by atoms with Crippen LogP contribution in [0.1, 0.15) is 12.8 Å². The molecule has 0 aromatic rings. The van der Waals surface area contributed by atoms with E-state index in [0.29, 0.717) is 5.96 Å². The molecule has 3 aliphatic rings. The number of hydrogen-bond acceptors (Lipinski definition) is 7. The molecule has 3 aliphatic heterocycles. The minimum absolute atomic E-state index is 0.184. The average molecular weight is 236 g/mol. The van der Waals surface area contributed by atoms with Crippen LogP contribution >= 0.6 is 0 Å². The largest absolute Gasteiger partial charge is 0.395 e. The predicted octanol–water partition coefficient (Wildman–Crippen LogP) is -1.51. The molecule has 0 radical (unpaired) electrons. The minimum atomic E-state index is 0.184. The zero-order chi connectivity index (χ0) is 11.8. The Balaban J connectivity index is 1.83. The summed E-state index contributed by atoms with van der Waals surface area (Å²) in [4.78, 5) is 8.20. The molecule has 1 fully saturated rings. The number of hydrogen-bond donors (Lipinski definition) is 4. The molecule has 3 heterocycles. The van der Waals surface area contributed by atoms with Crippen molar-refractivity contribution in [3.63, 3.8) is 0 Å². The first kappa shape index (κ1) is 10.7. The Morgan fingerprint density at radius 2 is 2.41 bits per heavy atom. The second kappa shape index (κ2) is 4.10. The summed E-state index contributed by atoms with van der Waals surface area (Å²) < 4.78 is 0. The van der Waals surface area contributed by atoms with Crippen molar-refractivity contribution >= 4 is 12.3 Å². The van der Waals surface area contributed by atoms with E-state index in [1.807, 2.05) is 0 Å². The number of aliphatic hydroxyl groups is 1. The molecule has 0 aliphatic carbocycles. The van der Waals surface area contributed by atoms with Crippen molar-refractivity contribution in [2.24, 2.45) is 15.7 Å². The van der Waals surface area contributed by atoms with Gasteiger partial charge in [-0.25, -0.2) is 20.4 Å². The van der Waals surface area contributed by atoms with Crippen LogP contribution in [0.2, 0.25) is 0 Å². The number of nitrogens with one attached hydrogen (secondary N) is 2. The summed E-state index contributed by atoms with van der Waals surface area (Å²) in [7, 11) is 0. The number of aliphatic hydroxyl groups excluding tert-OH is 1. The molecule has 17 heavy (non-hydrogen) atoms. The van der Waals surface area contributed by atoms with Gasteiger partial charge in [0.15, 0.2) is 5.82 Å². The third-order valence-corrected chi connectivity index (χ3v) is 3.41. The summed E-state index contributed by atoms with van der Waals surface area (Å²) in [5.41, 5.74) is 10.1. The number of nitrogens with zero attached hydrogens (tertiary/aromatic N) is 3. The Bertz CT molecular complexity index is 415. The van der Waals surface area contributed by atoms with Crippen LogP contribution in [-0.2, 0) is 0 Å².